The van der Waals surface area contributed by atoms with Crippen LogP contribution in [0.5, 0.6) is 0 Å². The third kappa shape index (κ3) is 2.58. The molecular weight excluding hydrogens is 206 g/mol. The first-order chi connectivity index (χ1) is 7.77. The minimum absolute atomic E-state index is 0.00194. The van der Waals surface area contributed by atoms with Crippen molar-refractivity contribution in [3.05, 3.63) is 46.0 Å². The molecule has 0 aliphatic carbocycles. The molecule has 1 aromatic carbocycles. The highest BCUT2D eigenvalue weighted by Gasteiger charge is 2.30. The van der Waals surface area contributed by atoms with Gasteiger partial charge in [-0.3, -0.25) is 10.1 Å². The number of hydrogen-bond acceptors (Lipinski definition) is 3. The van der Waals surface area contributed by atoms with Crippen LogP contribution in [0.25, 0.3) is 0 Å². The topological polar surface area (TPSA) is 52.4 Å². The highest BCUT2D eigenvalue weighted by molar-refractivity contribution is 5.20. The summed E-state index contributed by atoms with van der Waals surface area (Å²) in [4.78, 5) is 10.5. The summed E-state index contributed by atoms with van der Waals surface area (Å²) in [5.41, 5.74) is 1.05. The van der Waals surface area contributed by atoms with E-state index in [1.807, 2.05) is 30.3 Å². The molecular formula is C12H15NO3. The minimum atomic E-state index is -0.226. The molecule has 2 rings (SSSR count). The zero-order valence-corrected chi connectivity index (χ0v) is 9.04. The smallest absolute Gasteiger partial charge is 0.211 e. The van der Waals surface area contributed by atoms with Gasteiger partial charge in [-0.2, -0.15) is 0 Å². The molecule has 1 aliphatic rings. The van der Waals surface area contributed by atoms with Crippen LogP contribution >= 0.6 is 0 Å². The molecule has 0 saturated carbocycles. The second kappa shape index (κ2) is 5.07. The molecule has 1 fully saturated rings. The number of hydrogen-bond donors (Lipinski definition) is 0. The van der Waals surface area contributed by atoms with Gasteiger partial charge in [0.1, 0.15) is 0 Å². The molecule has 1 saturated heterocycles. The summed E-state index contributed by atoms with van der Waals surface area (Å²) in [7, 11) is 0. The molecule has 1 heterocycles. The van der Waals surface area contributed by atoms with Gasteiger partial charge < -0.3 is 4.74 Å². The number of benzene rings is 1. The van der Waals surface area contributed by atoms with E-state index in [4.69, 9.17) is 4.74 Å². The molecule has 2 atom stereocenters. The van der Waals surface area contributed by atoms with Gasteiger partial charge in [-0.25, -0.2) is 0 Å². The van der Waals surface area contributed by atoms with Crippen molar-refractivity contribution in [3.8, 4) is 0 Å². The molecule has 1 unspecified atom stereocenters. The lowest BCUT2D eigenvalue weighted by Gasteiger charge is -2.18. The van der Waals surface area contributed by atoms with E-state index in [0.29, 0.717) is 6.61 Å². The van der Waals surface area contributed by atoms with Crippen LogP contribution in [-0.2, 0) is 4.74 Å². The number of nitrogens with zero attached hydrogens (tertiary/aromatic N) is 1. The minimum Gasteiger partial charge on any atom is -0.381 e. The summed E-state index contributed by atoms with van der Waals surface area (Å²) in [6.07, 6.45) is 0.924. The first kappa shape index (κ1) is 11.1. The van der Waals surface area contributed by atoms with Crippen LogP contribution in [0.2, 0.25) is 0 Å². The number of rotatable bonds is 4. The van der Waals surface area contributed by atoms with E-state index in [9.17, 15) is 10.1 Å². The fraction of sp³-hybridized carbons (Fsp3) is 0.500. The summed E-state index contributed by atoms with van der Waals surface area (Å²) in [5, 5.41) is 10.7. The molecule has 1 aliphatic heterocycles. The van der Waals surface area contributed by atoms with Crippen molar-refractivity contribution in [1.82, 2.24) is 0 Å². The Morgan fingerprint density at radius 1 is 1.44 bits per heavy atom. The van der Waals surface area contributed by atoms with Crippen molar-refractivity contribution in [2.45, 2.75) is 12.3 Å². The second-order valence-electron chi connectivity index (χ2n) is 4.16. The highest BCUT2D eigenvalue weighted by Crippen LogP contribution is 2.30. The number of nitro groups is 1. The molecule has 86 valence electrons. The van der Waals surface area contributed by atoms with Crippen LogP contribution in [-0.4, -0.2) is 24.7 Å². The van der Waals surface area contributed by atoms with Crippen LogP contribution in [0, 0.1) is 16.0 Å². The quantitative estimate of drug-likeness (QED) is 0.577. The van der Waals surface area contributed by atoms with E-state index in [0.717, 1.165) is 18.6 Å². The molecule has 1 aromatic rings. The van der Waals surface area contributed by atoms with Crippen LogP contribution in [0.4, 0.5) is 0 Å². The molecule has 0 radical (unpaired) electrons. The van der Waals surface area contributed by atoms with Gasteiger partial charge in [0.25, 0.3) is 0 Å². The average molecular weight is 221 g/mol. The summed E-state index contributed by atoms with van der Waals surface area (Å²) < 4.78 is 5.32. The van der Waals surface area contributed by atoms with Crippen molar-refractivity contribution < 1.29 is 9.66 Å². The van der Waals surface area contributed by atoms with Gasteiger partial charge >= 0.3 is 0 Å². The lowest BCUT2D eigenvalue weighted by atomic mass is 9.85. The maximum atomic E-state index is 10.7. The Kier molecular flexibility index (Phi) is 3.51. The fourth-order valence-corrected chi connectivity index (χ4v) is 2.26. The van der Waals surface area contributed by atoms with Crippen molar-refractivity contribution in [2.24, 2.45) is 5.92 Å². The Balaban J connectivity index is 2.16. The Labute approximate surface area is 94.4 Å². The molecule has 16 heavy (non-hydrogen) atoms. The van der Waals surface area contributed by atoms with Crippen LogP contribution in [0.15, 0.2) is 30.3 Å². The molecule has 0 bridgehead atoms. The molecule has 0 spiro atoms. The van der Waals surface area contributed by atoms with Gasteiger partial charge in [-0.1, -0.05) is 30.3 Å². The zero-order chi connectivity index (χ0) is 11.4. The Morgan fingerprint density at radius 2 is 2.19 bits per heavy atom. The highest BCUT2D eigenvalue weighted by atomic mass is 16.6. The average Bonchev–Trinajstić information content (AvgIpc) is 2.80. The normalized spacial score (nSPS) is 21.9. The van der Waals surface area contributed by atoms with Gasteiger partial charge in [-0.15, -0.1) is 0 Å². The van der Waals surface area contributed by atoms with E-state index < -0.39 is 0 Å². The van der Waals surface area contributed by atoms with E-state index in [1.54, 1.807) is 0 Å². The monoisotopic (exact) mass is 221 g/mol. The second-order valence-corrected chi connectivity index (χ2v) is 4.16. The molecule has 0 N–H and O–H groups in total. The third-order valence-corrected chi connectivity index (χ3v) is 3.11. The Morgan fingerprint density at radius 3 is 2.75 bits per heavy atom. The molecule has 4 heteroatoms. The lowest BCUT2D eigenvalue weighted by Crippen LogP contribution is -2.21. The fourth-order valence-electron chi connectivity index (χ4n) is 2.26. The predicted octanol–water partition coefficient (Wildman–Crippen LogP) is 2.08. The summed E-state index contributed by atoms with van der Waals surface area (Å²) in [5.74, 6) is 0.270. The van der Waals surface area contributed by atoms with E-state index >= 15 is 0 Å². The maximum Gasteiger partial charge on any atom is 0.211 e. The zero-order valence-electron chi connectivity index (χ0n) is 9.04. The summed E-state index contributed by atoms with van der Waals surface area (Å²) >= 11 is 0. The van der Waals surface area contributed by atoms with Gasteiger partial charge in [0.15, 0.2) is 0 Å². The predicted molar refractivity (Wildman–Crippen MR) is 60.0 cm³/mol. The van der Waals surface area contributed by atoms with E-state index in [2.05, 4.69) is 0 Å². The van der Waals surface area contributed by atoms with Gasteiger partial charge in [-0.05, 0) is 17.9 Å². The summed E-state index contributed by atoms with van der Waals surface area (Å²) in [6, 6.07) is 9.72. The van der Waals surface area contributed by atoms with Gasteiger partial charge in [0.05, 0.1) is 12.5 Å². The lowest BCUT2D eigenvalue weighted by molar-refractivity contribution is -0.484. The molecule has 0 aromatic heterocycles. The van der Waals surface area contributed by atoms with Gasteiger partial charge in [0, 0.05) is 11.5 Å². The largest absolute Gasteiger partial charge is 0.381 e. The standard InChI is InChI=1S/C12H15NO3/c14-13(15)8-12(11-6-7-16-9-11)10-4-2-1-3-5-10/h1-5,11-12H,6-9H2/t11?,12-/m0/s1. The first-order valence-corrected chi connectivity index (χ1v) is 5.52. The Bertz CT molecular complexity index is 347. The Hall–Kier alpha value is -1.42. The molecule has 0 amide bonds. The van der Waals surface area contributed by atoms with Crippen LogP contribution in [0.1, 0.15) is 17.9 Å². The van der Waals surface area contributed by atoms with Crippen LogP contribution < -0.4 is 0 Å². The SMILES string of the molecule is O=[N+]([O-])C[C@@H](c1ccccc1)C1CCOC1. The summed E-state index contributed by atoms with van der Waals surface area (Å²) in [6.45, 7) is 1.37. The van der Waals surface area contributed by atoms with E-state index in [-0.39, 0.29) is 23.3 Å². The third-order valence-electron chi connectivity index (χ3n) is 3.11. The maximum absolute atomic E-state index is 10.7. The van der Waals surface area contributed by atoms with Crippen molar-refractivity contribution in [1.29, 1.82) is 0 Å². The van der Waals surface area contributed by atoms with Crippen molar-refractivity contribution in [3.63, 3.8) is 0 Å². The molecule has 4 nitrogen and oxygen atoms in total. The number of ether oxygens (including phenoxy) is 1. The van der Waals surface area contributed by atoms with Crippen molar-refractivity contribution in [2.75, 3.05) is 19.8 Å². The van der Waals surface area contributed by atoms with Crippen LogP contribution in [0.3, 0.4) is 0 Å². The van der Waals surface area contributed by atoms with E-state index in [1.165, 1.54) is 0 Å². The first-order valence-electron chi connectivity index (χ1n) is 5.52. The van der Waals surface area contributed by atoms with Gasteiger partial charge in [0.2, 0.25) is 6.54 Å². The van der Waals surface area contributed by atoms with Crippen molar-refractivity contribution >= 4 is 0 Å².